The van der Waals surface area contributed by atoms with Crippen LogP contribution in [0.25, 0.3) is 0 Å². The number of hydrogen-bond acceptors (Lipinski definition) is 2. The number of benzene rings is 2. The lowest BCUT2D eigenvalue weighted by Crippen LogP contribution is -2.31. The van der Waals surface area contributed by atoms with Crippen LogP contribution in [0.15, 0.2) is 53.0 Å². The molecule has 0 aliphatic carbocycles. The molecule has 1 N–H and O–H groups in total. The van der Waals surface area contributed by atoms with E-state index in [-0.39, 0.29) is 18.2 Å². The number of hydrogen-bond donors (Lipinski definition) is 1. The fraction of sp³-hybridized carbons (Fsp3) is 0.176. The minimum Gasteiger partial charge on any atom is -0.325 e. The van der Waals surface area contributed by atoms with Gasteiger partial charge in [-0.1, -0.05) is 23.7 Å². The highest BCUT2D eigenvalue weighted by Crippen LogP contribution is 2.22. The highest BCUT2D eigenvalue weighted by Gasteiger charge is 2.14. The molecule has 0 aliphatic heterocycles. The summed E-state index contributed by atoms with van der Waals surface area (Å²) in [4.78, 5) is 25.4. The lowest BCUT2D eigenvalue weighted by atomic mass is 10.2. The predicted octanol–water partition coefficient (Wildman–Crippen LogP) is 4.48. The number of amides is 2. The molecule has 0 heterocycles. The van der Waals surface area contributed by atoms with Crippen molar-refractivity contribution in [2.75, 3.05) is 16.8 Å². The van der Waals surface area contributed by atoms with Crippen LogP contribution in [0.1, 0.15) is 13.3 Å². The normalized spacial score (nSPS) is 10.2. The summed E-state index contributed by atoms with van der Waals surface area (Å²) >= 11 is 9.24. The zero-order chi connectivity index (χ0) is 16.8. The Morgan fingerprint density at radius 1 is 1.13 bits per heavy atom. The fourth-order valence-corrected chi connectivity index (χ4v) is 2.59. The van der Waals surface area contributed by atoms with Crippen LogP contribution in [0.5, 0.6) is 0 Å². The molecule has 0 spiro atoms. The van der Waals surface area contributed by atoms with Crippen LogP contribution in [0.2, 0.25) is 5.02 Å². The molecule has 0 aliphatic rings. The van der Waals surface area contributed by atoms with Crippen molar-refractivity contribution in [3.63, 3.8) is 0 Å². The molecule has 2 rings (SSSR count). The van der Waals surface area contributed by atoms with E-state index in [9.17, 15) is 9.59 Å². The zero-order valence-electron chi connectivity index (χ0n) is 12.6. The van der Waals surface area contributed by atoms with Crippen molar-refractivity contribution in [1.29, 1.82) is 0 Å². The first kappa shape index (κ1) is 17.5. The molecular formula is C17H16BrClN2O2. The Kier molecular flexibility index (Phi) is 6.19. The van der Waals surface area contributed by atoms with Gasteiger partial charge in [-0.05, 0) is 52.3 Å². The molecule has 2 amide bonds. The summed E-state index contributed by atoms with van der Waals surface area (Å²) < 4.78 is 0.814. The first-order valence-electron chi connectivity index (χ1n) is 7.05. The molecule has 23 heavy (non-hydrogen) atoms. The summed E-state index contributed by atoms with van der Waals surface area (Å²) in [5.41, 5.74) is 1.42. The van der Waals surface area contributed by atoms with Crippen molar-refractivity contribution in [2.45, 2.75) is 13.3 Å². The minimum atomic E-state index is -0.155. The van der Waals surface area contributed by atoms with Crippen molar-refractivity contribution >= 4 is 50.7 Å². The van der Waals surface area contributed by atoms with E-state index >= 15 is 0 Å². The van der Waals surface area contributed by atoms with Gasteiger partial charge in [0.15, 0.2) is 0 Å². The van der Waals surface area contributed by atoms with Gasteiger partial charge in [-0.3, -0.25) is 9.59 Å². The van der Waals surface area contributed by atoms with Gasteiger partial charge in [0.25, 0.3) is 0 Å². The lowest BCUT2D eigenvalue weighted by molar-refractivity contribution is -0.117. The molecule has 0 unspecified atom stereocenters. The molecule has 2 aromatic rings. The lowest BCUT2D eigenvalue weighted by Gasteiger charge is -2.21. The Morgan fingerprint density at radius 2 is 1.78 bits per heavy atom. The molecular weight excluding hydrogens is 380 g/mol. The molecule has 4 nitrogen and oxygen atoms in total. The summed E-state index contributed by atoms with van der Waals surface area (Å²) in [6.45, 7) is 1.77. The number of halogens is 2. The number of nitrogens with zero attached hydrogens (tertiary/aromatic N) is 1. The van der Waals surface area contributed by atoms with Gasteiger partial charge >= 0.3 is 0 Å². The molecule has 120 valence electrons. The van der Waals surface area contributed by atoms with Crippen LogP contribution >= 0.6 is 27.5 Å². The van der Waals surface area contributed by atoms with Gasteiger partial charge in [0.2, 0.25) is 11.8 Å². The largest absolute Gasteiger partial charge is 0.325 e. The Hall–Kier alpha value is -1.85. The van der Waals surface area contributed by atoms with Gasteiger partial charge < -0.3 is 10.2 Å². The Bertz CT molecular complexity index is 704. The monoisotopic (exact) mass is 394 g/mol. The molecule has 0 fully saturated rings. The number of anilines is 2. The molecule has 0 atom stereocenters. The van der Waals surface area contributed by atoms with E-state index in [1.165, 1.54) is 6.92 Å². The maximum absolute atomic E-state index is 12.1. The smallest absolute Gasteiger partial charge is 0.226 e. The average molecular weight is 396 g/mol. The van der Waals surface area contributed by atoms with Gasteiger partial charge in [0.1, 0.15) is 0 Å². The summed E-state index contributed by atoms with van der Waals surface area (Å²) in [5, 5.41) is 3.42. The SMILES string of the molecule is CC(=O)N(CCC(=O)Nc1ccccc1Br)c1ccc(Cl)cc1. The number of carbonyl (C=O) groups excluding carboxylic acids is 2. The Labute approximate surface area is 148 Å². The second-order valence-electron chi connectivity index (χ2n) is 4.93. The van der Waals surface area contributed by atoms with Gasteiger partial charge in [-0.2, -0.15) is 0 Å². The Morgan fingerprint density at radius 3 is 2.39 bits per heavy atom. The zero-order valence-corrected chi connectivity index (χ0v) is 14.9. The molecule has 0 aromatic heterocycles. The molecule has 2 aromatic carbocycles. The highest BCUT2D eigenvalue weighted by atomic mass is 79.9. The first-order chi connectivity index (χ1) is 11.0. The van der Waals surface area contributed by atoms with Crippen molar-refractivity contribution in [2.24, 2.45) is 0 Å². The summed E-state index contributed by atoms with van der Waals surface area (Å²) in [7, 11) is 0. The van der Waals surface area contributed by atoms with Gasteiger partial charge in [0, 0.05) is 35.1 Å². The number of carbonyl (C=O) groups is 2. The quantitative estimate of drug-likeness (QED) is 0.811. The Balaban J connectivity index is 1.99. The van der Waals surface area contributed by atoms with Crippen LogP contribution in [-0.4, -0.2) is 18.4 Å². The molecule has 6 heteroatoms. The third kappa shape index (κ3) is 5.08. The van der Waals surface area contributed by atoms with Crippen molar-refractivity contribution in [3.05, 3.63) is 58.0 Å². The van der Waals surface area contributed by atoms with Crippen LogP contribution in [0, 0.1) is 0 Å². The first-order valence-corrected chi connectivity index (χ1v) is 8.22. The number of para-hydroxylation sites is 1. The molecule has 0 radical (unpaired) electrons. The molecule has 0 saturated carbocycles. The summed E-state index contributed by atoms with van der Waals surface area (Å²) in [6, 6.07) is 14.3. The van der Waals surface area contributed by atoms with E-state index in [0.717, 1.165) is 10.2 Å². The topological polar surface area (TPSA) is 49.4 Å². The van der Waals surface area contributed by atoms with Gasteiger partial charge in [0.05, 0.1) is 5.69 Å². The van der Waals surface area contributed by atoms with Gasteiger partial charge in [-0.25, -0.2) is 0 Å². The van der Waals surface area contributed by atoms with Crippen LogP contribution in [0.3, 0.4) is 0 Å². The predicted molar refractivity (Wildman–Crippen MR) is 96.9 cm³/mol. The maximum atomic E-state index is 12.1. The second kappa shape index (κ2) is 8.13. The van der Waals surface area contributed by atoms with Gasteiger partial charge in [-0.15, -0.1) is 0 Å². The third-order valence-electron chi connectivity index (χ3n) is 3.23. The van der Waals surface area contributed by atoms with Crippen LogP contribution < -0.4 is 10.2 Å². The van der Waals surface area contributed by atoms with E-state index < -0.39 is 0 Å². The highest BCUT2D eigenvalue weighted by molar-refractivity contribution is 9.10. The molecule has 0 saturated heterocycles. The number of nitrogens with one attached hydrogen (secondary N) is 1. The van der Waals surface area contributed by atoms with E-state index in [4.69, 9.17) is 11.6 Å². The second-order valence-corrected chi connectivity index (χ2v) is 6.22. The van der Waals surface area contributed by atoms with E-state index in [2.05, 4.69) is 21.2 Å². The average Bonchev–Trinajstić information content (AvgIpc) is 2.51. The maximum Gasteiger partial charge on any atom is 0.226 e. The van der Waals surface area contributed by atoms with E-state index in [0.29, 0.717) is 17.3 Å². The standard InChI is InChI=1S/C17H16BrClN2O2/c1-12(22)21(14-8-6-13(19)7-9-14)11-10-17(23)20-16-5-3-2-4-15(16)18/h2-9H,10-11H2,1H3,(H,20,23). The van der Waals surface area contributed by atoms with E-state index in [1.807, 2.05) is 24.3 Å². The van der Waals surface area contributed by atoms with Crippen LogP contribution in [0.4, 0.5) is 11.4 Å². The minimum absolute atomic E-state index is 0.124. The van der Waals surface area contributed by atoms with E-state index in [1.54, 1.807) is 29.2 Å². The summed E-state index contributed by atoms with van der Waals surface area (Å²) in [5.74, 6) is -0.280. The van der Waals surface area contributed by atoms with Crippen LogP contribution in [-0.2, 0) is 9.59 Å². The van der Waals surface area contributed by atoms with Crippen molar-refractivity contribution < 1.29 is 9.59 Å². The summed E-state index contributed by atoms with van der Waals surface area (Å²) in [6.07, 6.45) is 0.198. The molecule has 0 bridgehead atoms. The van der Waals surface area contributed by atoms with Crippen molar-refractivity contribution in [3.8, 4) is 0 Å². The third-order valence-corrected chi connectivity index (χ3v) is 4.17. The fourth-order valence-electron chi connectivity index (χ4n) is 2.08. The van der Waals surface area contributed by atoms with Crippen molar-refractivity contribution in [1.82, 2.24) is 0 Å². The number of rotatable bonds is 5.